The molecule has 0 unspecified atom stereocenters. The molecule has 0 aliphatic heterocycles. The molecule has 0 bridgehead atoms. The van der Waals surface area contributed by atoms with Crippen LogP contribution in [0.4, 0.5) is 0 Å². The van der Waals surface area contributed by atoms with Crippen LogP contribution in [0, 0.1) is 5.41 Å². The molecule has 0 atom stereocenters. The fourth-order valence-electron chi connectivity index (χ4n) is 0.751. The van der Waals surface area contributed by atoms with E-state index in [-0.39, 0.29) is 12.4 Å². The Morgan fingerprint density at radius 1 is 1.30 bits per heavy atom. The Morgan fingerprint density at radius 2 is 1.70 bits per heavy atom. The molecule has 0 saturated heterocycles. The molecule has 0 aliphatic rings. The minimum atomic E-state index is -2.99. The van der Waals surface area contributed by atoms with Crippen LogP contribution >= 0.6 is 0 Å². The lowest BCUT2D eigenvalue weighted by atomic mass is 9.98. The van der Waals surface area contributed by atoms with Crippen molar-refractivity contribution in [3.05, 3.63) is 0 Å². The summed E-state index contributed by atoms with van der Waals surface area (Å²) in [5.41, 5.74) is -0.617. The van der Waals surface area contributed by atoms with Gasteiger partial charge in [-0.15, -0.1) is 0 Å². The Balaban J connectivity index is 4.16. The maximum absolute atomic E-state index is 10.7. The van der Waals surface area contributed by atoms with Crippen molar-refractivity contribution in [2.75, 3.05) is 18.6 Å². The highest BCUT2D eigenvalue weighted by Gasteiger charge is 2.22. The second-order valence-electron chi connectivity index (χ2n) is 3.38. The molecular formula is C6H13O3S. The first kappa shape index (κ1) is 9.91. The monoisotopic (exact) mass is 165 g/mol. The van der Waals surface area contributed by atoms with E-state index >= 15 is 0 Å². The van der Waals surface area contributed by atoms with Crippen molar-refractivity contribution >= 4 is 9.84 Å². The van der Waals surface area contributed by atoms with Gasteiger partial charge in [-0.25, -0.2) is 13.5 Å². The van der Waals surface area contributed by atoms with Crippen LogP contribution < -0.4 is 0 Å². The molecule has 3 nitrogen and oxygen atoms in total. The summed E-state index contributed by atoms with van der Waals surface area (Å²) < 4.78 is 21.3. The van der Waals surface area contributed by atoms with Crippen molar-refractivity contribution in [2.24, 2.45) is 5.41 Å². The molecule has 0 aromatic heterocycles. The highest BCUT2D eigenvalue weighted by Crippen LogP contribution is 2.15. The minimum Gasteiger partial charge on any atom is -0.236 e. The molecule has 1 radical (unpaired) electrons. The van der Waals surface area contributed by atoms with Gasteiger partial charge in [0, 0.05) is 11.7 Å². The number of hydrogen-bond donors (Lipinski definition) is 0. The quantitative estimate of drug-likeness (QED) is 0.611. The van der Waals surface area contributed by atoms with Crippen LogP contribution in [0.3, 0.4) is 0 Å². The maximum atomic E-state index is 10.7. The summed E-state index contributed by atoms with van der Waals surface area (Å²) in [5.74, 6) is -0.0243. The maximum Gasteiger partial charge on any atom is 0.148 e. The van der Waals surface area contributed by atoms with Gasteiger partial charge in [0.05, 0.1) is 12.4 Å². The molecule has 4 heteroatoms. The molecule has 61 valence electrons. The Hall–Kier alpha value is -0.0900. The van der Waals surface area contributed by atoms with Gasteiger partial charge < -0.3 is 0 Å². The predicted molar refractivity (Wildman–Crippen MR) is 39.0 cm³/mol. The van der Waals surface area contributed by atoms with E-state index < -0.39 is 15.3 Å². The van der Waals surface area contributed by atoms with Crippen LogP contribution in [0.5, 0.6) is 0 Å². The van der Waals surface area contributed by atoms with Gasteiger partial charge in [-0.05, 0) is 0 Å². The molecular weight excluding hydrogens is 152 g/mol. The molecule has 0 heterocycles. The Kier molecular flexibility index (Phi) is 2.86. The summed E-state index contributed by atoms with van der Waals surface area (Å²) in [5, 5.41) is 10.4. The molecule has 0 amide bonds. The Labute approximate surface area is 62.0 Å². The van der Waals surface area contributed by atoms with Crippen LogP contribution in [0.1, 0.15) is 13.8 Å². The van der Waals surface area contributed by atoms with Gasteiger partial charge in [0.15, 0.2) is 0 Å². The van der Waals surface area contributed by atoms with E-state index in [1.807, 2.05) is 0 Å². The fourth-order valence-corrected chi connectivity index (χ4v) is 2.25. The summed E-state index contributed by atoms with van der Waals surface area (Å²) in [6.07, 6.45) is 1.14. The third-order valence-corrected chi connectivity index (χ3v) is 2.35. The van der Waals surface area contributed by atoms with Gasteiger partial charge >= 0.3 is 0 Å². The van der Waals surface area contributed by atoms with Gasteiger partial charge in [0.25, 0.3) is 0 Å². The van der Waals surface area contributed by atoms with Gasteiger partial charge in [0.2, 0.25) is 0 Å². The fraction of sp³-hybridized carbons (Fsp3) is 1.00. The Bertz CT molecular complexity index is 191. The van der Waals surface area contributed by atoms with Crippen LogP contribution in [-0.2, 0) is 14.9 Å². The normalized spacial score (nSPS) is 13.6. The van der Waals surface area contributed by atoms with E-state index in [0.717, 1.165) is 6.26 Å². The molecule has 0 spiro atoms. The molecule has 0 N–H and O–H groups in total. The molecule has 10 heavy (non-hydrogen) atoms. The standard InChI is InChI=1S/C6H13O3S/c1-6(2,4-7)5-10(3,8)9/h4-5H2,1-3H3. The van der Waals surface area contributed by atoms with E-state index in [1.54, 1.807) is 13.8 Å². The van der Waals surface area contributed by atoms with Crippen molar-refractivity contribution in [3.63, 3.8) is 0 Å². The third kappa shape index (κ3) is 4.76. The average Bonchev–Trinajstić information content (AvgIpc) is 1.60. The molecule has 0 saturated carbocycles. The zero-order valence-corrected chi connectivity index (χ0v) is 7.36. The van der Waals surface area contributed by atoms with Crippen LogP contribution in [-0.4, -0.2) is 27.0 Å². The highest BCUT2D eigenvalue weighted by atomic mass is 32.2. The molecule has 0 fully saturated rings. The first-order valence-electron chi connectivity index (χ1n) is 3.03. The second kappa shape index (κ2) is 2.88. The van der Waals surface area contributed by atoms with Gasteiger partial charge in [0.1, 0.15) is 9.84 Å². The SMILES string of the molecule is CC(C)(C[O])CS(C)(=O)=O. The van der Waals surface area contributed by atoms with Crippen molar-refractivity contribution < 1.29 is 13.5 Å². The summed E-state index contributed by atoms with van der Waals surface area (Å²) in [7, 11) is -2.99. The first-order valence-corrected chi connectivity index (χ1v) is 5.09. The van der Waals surface area contributed by atoms with Gasteiger partial charge in [-0.1, -0.05) is 13.8 Å². The highest BCUT2D eigenvalue weighted by molar-refractivity contribution is 7.90. The lowest BCUT2D eigenvalue weighted by Crippen LogP contribution is -2.26. The van der Waals surface area contributed by atoms with E-state index in [4.69, 9.17) is 0 Å². The van der Waals surface area contributed by atoms with Crippen LogP contribution in [0.25, 0.3) is 0 Å². The zero-order chi connectivity index (χ0) is 8.41. The summed E-state index contributed by atoms with van der Waals surface area (Å²) >= 11 is 0. The number of hydrogen-bond acceptors (Lipinski definition) is 2. The van der Waals surface area contributed by atoms with Crippen LogP contribution in [0.2, 0.25) is 0 Å². The summed E-state index contributed by atoms with van der Waals surface area (Å²) in [4.78, 5) is 0. The minimum absolute atomic E-state index is 0.0243. The van der Waals surface area contributed by atoms with Gasteiger partial charge in [-0.3, -0.25) is 0 Å². The molecule has 0 aliphatic carbocycles. The first-order chi connectivity index (χ1) is 4.27. The van der Waals surface area contributed by atoms with E-state index in [9.17, 15) is 13.5 Å². The summed E-state index contributed by atoms with van der Waals surface area (Å²) in [6.45, 7) is 2.96. The average molecular weight is 165 g/mol. The van der Waals surface area contributed by atoms with Crippen molar-refractivity contribution in [3.8, 4) is 0 Å². The third-order valence-electron chi connectivity index (χ3n) is 1.04. The lowest BCUT2D eigenvalue weighted by Gasteiger charge is -2.18. The molecule has 0 rings (SSSR count). The predicted octanol–water partition coefficient (Wildman–Crippen LogP) is 0.488. The molecule has 0 aromatic carbocycles. The topological polar surface area (TPSA) is 54.0 Å². The second-order valence-corrected chi connectivity index (χ2v) is 5.52. The Morgan fingerprint density at radius 3 is 1.80 bits per heavy atom. The number of rotatable bonds is 3. The van der Waals surface area contributed by atoms with Crippen molar-refractivity contribution in [1.29, 1.82) is 0 Å². The van der Waals surface area contributed by atoms with E-state index in [2.05, 4.69) is 0 Å². The zero-order valence-electron chi connectivity index (χ0n) is 6.55. The molecule has 0 aromatic rings. The van der Waals surface area contributed by atoms with Gasteiger partial charge in [-0.2, -0.15) is 0 Å². The van der Waals surface area contributed by atoms with E-state index in [1.165, 1.54) is 0 Å². The van der Waals surface area contributed by atoms with Crippen molar-refractivity contribution in [2.45, 2.75) is 13.8 Å². The lowest BCUT2D eigenvalue weighted by molar-refractivity contribution is 0.107. The van der Waals surface area contributed by atoms with Crippen molar-refractivity contribution in [1.82, 2.24) is 0 Å². The van der Waals surface area contributed by atoms with Crippen LogP contribution in [0.15, 0.2) is 0 Å². The van der Waals surface area contributed by atoms with E-state index in [0.29, 0.717) is 0 Å². The summed E-state index contributed by atoms with van der Waals surface area (Å²) in [6, 6.07) is 0. The largest absolute Gasteiger partial charge is 0.236 e. The number of sulfone groups is 1. The smallest absolute Gasteiger partial charge is 0.148 e.